The third-order valence-corrected chi connectivity index (χ3v) is 4.93. The molecule has 1 saturated heterocycles. The Bertz CT molecular complexity index is 756. The van der Waals surface area contributed by atoms with Crippen LogP contribution in [-0.4, -0.2) is 36.2 Å². The molecule has 25 heavy (non-hydrogen) atoms. The van der Waals surface area contributed by atoms with Crippen LogP contribution in [0.15, 0.2) is 47.6 Å². The topological polar surface area (TPSA) is 78.9 Å². The van der Waals surface area contributed by atoms with Gasteiger partial charge in [-0.25, -0.2) is 4.79 Å². The van der Waals surface area contributed by atoms with Crippen LogP contribution < -0.4 is 0 Å². The molecule has 6 nitrogen and oxygen atoms in total. The third-order valence-electron chi connectivity index (χ3n) is 4.93. The predicted molar refractivity (Wildman–Crippen MR) is 88.1 cm³/mol. The van der Waals surface area contributed by atoms with Crippen LogP contribution in [0.2, 0.25) is 0 Å². The summed E-state index contributed by atoms with van der Waals surface area (Å²) >= 11 is 0. The number of esters is 3. The molecular weight excluding hydrogens is 324 g/mol. The molecular formula is C19H20O6. The van der Waals surface area contributed by atoms with Crippen molar-refractivity contribution in [1.82, 2.24) is 0 Å². The number of hydrogen-bond acceptors (Lipinski definition) is 6. The lowest BCUT2D eigenvalue weighted by molar-refractivity contribution is -0.167. The maximum Gasteiger partial charge on any atom is 0.334 e. The van der Waals surface area contributed by atoms with Crippen molar-refractivity contribution in [1.29, 1.82) is 0 Å². The van der Waals surface area contributed by atoms with Crippen LogP contribution in [0.3, 0.4) is 0 Å². The van der Waals surface area contributed by atoms with Crippen molar-refractivity contribution in [3.63, 3.8) is 0 Å². The average molecular weight is 344 g/mol. The number of allylic oxidation sites excluding steroid dienone is 2. The summed E-state index contributed by atoms with van der Waals surface area (Å²) in [4.78, 5) is 35.5. The zero-order valence-electron chi connectivity index (χ0n) is 14.4. The van der Waals surface area contributed by atoms with Gasteiger partial charge in [-0.2, -0.15) is 0 Å². The molecule has 0 radical (unpaired) electrons. The summed E-state index contributed by atoms with van der Waals surface area (Å²) in [6.07, 6.45) is 1.42. The van der Waals surface area contributed by atoms with E-state index in [9.17, 15) is 14.4 Å². The van der Waals surface area contributed by atoms with E-state index in [1.54, 1.807) is 0 Å². The lowest BCUT2D eigenvalue weighted by atomic mass is 9.82. The molecule has 0 amide bonds. The van der Waals surface area contributed by atoms with Crippen molar-refractivity contribution in [3.8, 4) is 0 Å². The summed E-state index contributed by atoms with van der Waals surface area (Å²) in [6, 6.07) is 0. The number of ether oxygens (including phenoxy) is 3. The van der Waals surface area contributed by atoms with E-state index >= 15 is 0 Å². The van der Waals surface area contributed by atoms with Gasteiger partial charge < -0.3 is 14.2 Å². The van der Waals surface area contributed by atoms with E-state index < -0.39 is 42.1 Å². The number of fused-ring (bicyclic) bond motifs is 3. The van der Waals surface area contributed by atoms with E-state index in [4.69, 9.17) is 14.2 Å². The fraction of sp³-hybridized carbons (Fsp3) is 0.421. The molecule has 0 saturated carbocycles. The van der Waals surface area contributed by atoms with Gasteiger partial charge in [0.25, 0.3) is 0 Å². The molecule has 3 rings (SSSR count). The summed E-state index contributed by atoms with van der Waals surface area (Å²) in [5.74, 6) is -2.46. The quantitative estimate of drug-likeness (QED) is 0.433. The molecule has 3 aliphatic rings. The number of carbonyl (C=O) groups is 3. The maximum absolute atomic E-state index is 12.2. The SMILES string of the molecule is C=C1C=CC2=C(C)[C@H](OC(C)=O)[C@H](OC(C)=O)[C@H]3C(=C)C(=O)O[C@@H]3[C@@H]12. The molecule has 1 aliphatic heterocycles. The van der Waals surface area contributed by atoms with Gasteiger partial charge in [-0.05, 0) is 23.6 Å². The first kappa shape index (κ1) is 17.2. The molecule has 0 aromatic carbocycles. The van der Waals surface area contributed by atoms with Crippen LogP contribution in [0.1, 0.15) is 20.8 Å². The van der Waals surface area contributed by atoms with Gasteiger partial charge >= 0.3 is 17.9 Å². The van der Waals surface area contributed by atoms with Gasteiger partial charge in [-0.1, -0.05) is 25.3 Å². The zero-order chi connectivity index (χ0) is 18.5. The highest BCUT2D eigenvalue weighted by Gasteiger charge is 2.55. The Morgan fingerprint density at radius 1 is 1.12 bits per heavy atom. The number of carbonyl (C=O) groups excluding carboxylic acids is 3. The minimum Gasteiger partial charge on any atom is -0.457 e. The molecule has 0 unspecified atom stereocenters. The van der Waals surface area contributed by atoms with Gasteiger partial charge in [0.15, 0.2) is 12.2 Å². The van der Waals surface area contributed by atoms with Crippen molar-refractivity contribution >= 4 is 17.9 Å². The van der Waals surface area contributed by atoms with Crippen molar-refractivity contribution < 1.29 is 28.6 Å². The average Bonchev–Trinajstić information content (AvgIpc) is 3.00. The Kier molecular flexibility index (Phi) is 4.14. The van der Waals surface area contributed by atoms with Crippen molar-refractivity contribution in [2.75, 3.05) is 0 Å². The second-order valence-electron chi connectivity index (χ2n) is 6.55. The molecule has 0 aromatic rings. The summed E-state index contributed by atoms with van der Waals surface area (Å²) in [7, 11) is 0. The Balaban J connectivity index is 2.18. The smallest absolute Gasteiger partial charge is 0.334 e. The van der Waals surface area contributed by atoms with E-state index in [1.807, 2.05) is 19.1 Å². The second kappa shape index (κ2) is 6.02. The summed E-state index contributed by atoms with van der Waals surface area (Å²) in [5, 5.41) is 0. The number of rotatable bonds is 2. The second-order valence-corrected chi connectivity index (χ2v) is 6.55. The Morgan fingerprint density at radius 3 is 2.36 bits per heavy atom. The predicted octanol–water partition coefficient (Wildman–Crippen LogP) is 2.02. The van der Waals surface area contributed by atoms with Crippen LogP contribution in [0.5, 0.6) is 0 Å². The van der Waals surface area contributed by atoms with Crippen LogP contribution >= 0.6 is 0 Å². The minimum atomic E-state index is -0.885. The van der Waals surface area contributed by atoms with Crippen molar-refractivity contribution in [2.45, 2.75) is 39.1 Å². The normalized spacial score (nSPS) is 33.6. The van der Waals surface area contributed by atoms with E-state index in [2.05, 4.69) is 13.2 Å². The molecule has 2 aliphatic carbocycles. The first-order valence-corrected chi connectivity index (χ1v) is 8.04. The van der Waals surface area contributed by atoms with Crippen molar-refractivity contribution in [2.24, 2.45) is 11.8 Å². The molecule has 1 heterocycles. The van der Waals surface area contributed by atoms with Crippen molar-refractivity contribution in [3.05, 3.63) is 47.6 Å². The third kappa shape index (κ3) is 2.71. The summed E-state index contributed by atoms with van der Waals surface area (Å²) in [6.45, 7) is 12.2. The molecule has 0 spiro atoms. The molecule has 0 N–H and O–H groups in total. The standard InChI is InChI=1S/C19H20O6/c1-8-6-7-13-9(2)16(23-11(4)20)18(24-12(5)21)15-10(3)19(22)25-17(15)14(8)13/h6-7,14-18H,1,3H2,2,4-5H3/t14-,15-,16-,17+,18+/m0/s1. The Hall–Kier alpha value is -2.63. The largest absolute Gasteiger partial charge is 0.457 e. The number of hydrogen-bond donors (Lipinski definition) is 0. The minimum absolute atomic E-state index is 0.210. The lowest BCUT2D eigenvalue weighted by Crippen LogP contribution is -2.43. The fourth-order valence-corrected chi connectivity index (χ4v) is 3.90. The van der Waals surface area contributed by atoms with Gasteiger partial charge in [0.1, 0.15) is 6.10 Å². The molecule has 132 valence electrons. The Morgan fingerprint density at radius 2 is 1.76 bits per heavy atom. The molecule has 6 heteroatoms. The van der Waals surface area contributed by atoms with E-state index in [1.165, 1.54) is 13.8 Å². The van der Waals surface area contributed by atoms with Gasteiger partial charge in [0.2, 0.25) is 0 Å². The van der Waals surface area contributed by atoms with Crippen LogP contribution in [0.25, 0.3) is 0 Å². The zero-order valence-corrected chi connectivity index (χ0v) is 14.4. The molecule has 0 bridgehead atoms. The molecule has 5 atom stereocenters. The monoisotopic (exact) mass is 344 g/mol. The van der Waals surface area contributed by atoms with Crippen LogP contribution in [-0.2, 0) is 28.6 Å². The highest BCUT2D eigenvalue weighted by Crippen LogP contribution is 2.48. The van der Waals surface area contributed by atoms with Crippen LogP contribution in [0.4, 0.5) is 0 Å². The van der Waals surface area contributed by atoms with Gasteiger partial charge in [0.05, 0.1) is 5.92 Å². The first-order chi connectivity index (χ1) is 11.7. The maximum atomic E-state index is 12.2. The van der Waals surface area contributed by atoms with E-state index in [-0.39, 0.29) is 11.5 Å². The van der Waals surface area contributed by atoms with E-state index in [0.717, 1.165) is 16.7 Å². The van der Waals surface area contributed by atoms with E-state index in [0.29, 0.717) is 0 Å². The van der Waals surface area contributed by atoms with Gasteiger partial charge in [-0.3, -0.25) is 9.59 Å². The Labute approximate surface area is 145 Å². The lowest BCUT2D eigenvalue weighted by Gasteiger charge is -2.31. The van der Waals surface area contributed by atoms with Crippen LogP contribution in [0, 0.1) is 11.8 Å². The first-order valence-electron chi connectivity index (χ1n) is 8.04. The highest BCUT2D eigenvalue weighted by molar-refractivity contribution is 5.91. The summed E-state index contributed by atoms with van der Waals surface area (Å²) < 4.78 is 16.5. The highest BCUT2D eigenvalue weighted by atomic mass is 16.6. The van der Waals surface area contributed by atoms with Gasteiger partial charge in [-0.15, -0.1) is 0 Å². The molecule has 0 aromatic heterocycles. The summed E-state index contributed by atoms with van der Waals surface area (Å²) in [5.41, 5.74) is 2.61. The van der Waals surface area contributed by atoms with Gasteiger partial charge in [0, 0.05) is 25.3 Å². The molecule has 1 fully saturated rings. The fourth-order valence-electron chi connectivity index (χ4n) is 3.90.